The molecule has 3 rings (SSSR count). The summed E-state index contributed by atoms with van der Waals surface area (Å²) < 4.78 is 16.1. The van der Waals surface area contributed by atoms with Crippen LogP contribution in [0, 0.1) is 19.7 Å². The van der Waals surface area contributed by atoms with Crippen LogP contribution in [0.5, 0.6) is 0 Å². The number of rotatable bonds is 1. The zero-order valence-electron chi connectivity index (χ0n) is 11.0. The van der Waals surface area contributed by atoms with Gasteiger partial charge in [-0.1, -0.05) is 0 Å². The molecule has 0 radical (unpaired) electrons. The van der Waals surface area contributed by atoms with E-state index in [4.69, 9.17) is 5.73 Å². The maximum absolute atomic E-state index is 13.8. The molecule has 1 aromatic carbocycles. The molecule has 0 unspecified atom stereocenters. The van der Waals surface area contributed by atoms with Crippen molar-refractivity contribution in [2.75, 3.05) is 5.73 Å². The monoisotopic (exact) mass is 334 g/mol. The van der Waals surface area contributed by atoms with Crippen LogP contribution in [0.3, 0.4) is 0 Å². The first-order chi connectivity index (χ1) is 9.50. The molecule has 0 atom stereocenters. The number of nitrogens with two attached hydrogens (primary N) is 1. The maximum Gasteiger partial charge on any atom is 0.150 e. The van der Waals surface area contributed by atoms with E-state index in [0.717, 1.165) is 16.6 Å². The van der Waals surface area contributed by atoms with Crippen molar-refractivity contribution in [1.82, 2.24) is 14.5 Å². The molecule has 2 N–H and O–H groups in total. The molecule has 102 valence electrons. The molecular formula is C14H12BrFN4. The molecule has 0 amide bonds. The average molecular weight is 335 g/mol. The van der Waals surface area contributed by atoms with Gasteiger partial charge < -0.3 is 5.73 Å². The van der Waals surface area contributed by atoms with Gasteiger partial charge in [0.2, 0.25) is 0 Å². The number of nitrogens with zero attached hydrogens (tertiary/aromatic N) is 3. The Labute approximate surface area is 123 Å². The van der Waals surface area contributed by atoms with E-state index in [1.807, 2.05) is 24.5 Å². The quantitative estimate of drug-likeness (QED) is 0.740. The van der Waals surface area contributed by atoms with E-state index >= 15 is 0 Å². The smallest absolute Gasteiger partial charge is 0.150 e. The van der Waals surface area contributed by atoms with Gasteiger partial charge in [-0.25, -0.2) is 14.4 Å². The Morgan fingerprint density at radius 1 is 1.25 bits per heavy atom. The fourth-order valence-electron chi connectivity index (χ4n) is 2.37. The van der Waals surface area contributed by atoms with Crippen molar-refractivity contribution in [3.05, 3.63) is 46.1 Å². The summed E-state index contributed by atoms with van der Waals surface area (Å²) in [5, 5.41) is 0.813. The van der Waals surface area contributed by atoms with E-state index in [2.05, 4.69) is 25.9 Å². The molecule has 6 heteroatoms. The predicted molar refractivity (Wildman–Crippen MR) is 80.4 cm³/mol. The number of benzene rings is 1. The first kappa shape index (κ1) is 13.1. The predicted octanol–water partition coefficient (Wildman–Crippen LogP) is 3.52. The summed E-state index contributed by atoms with van der Waals surface area (Å²) in [5.41, 5.74) is 9.29. The molecule has 20 heavy (non-hydrogen) atoms. The van der Waals surface area contributed by atoms with Crippen LogP contribution in [0.4, 0.5) is 10.2 Å². The highest BCUT2D eigenvalue weighted by Gasteiger charge is 2.16. The summed E-state index contributed by atoms with van der Waals surface area (Å²) >= 11 is 3.16. The summed E-state index contributed by atoms with van der Waals surface area (Å²) in [6.07, 6.45) is 1.42. The molecule has 0 fully saturated rings. The zero-order chi connectivity index (χ0) is 14.4. The van der Waals surface area contributed by atoms with Crippen LogP contribution in [-0.4, -0.2) is 14.5 Å². The SMILES string of the molecule is Cc1c(C)n(-c2ccc(Br)c(F)c2)c2ncnc(N)c12. The highest BCUT2D eigenvalue weighted by atomic mass is 79.9. The molecule has 3 aromatic rings. The summed E-state index contributed by atoms with van der Waals surface area (Å²) in [6.45, 7) is 3.92. The van der Waals surface area contributed by atoms with Crippen molar-refractivity contribution in [3.63, 3.8) is 0 Å². The van der Waals surface area contributed by atoms with E-state index in [1.54, 1.807) is 6.07 Å². The van der Waals surface area contributed by atoms with Crippen molar-refractivity contribution in [3.8, 4) is 5.69 Å². The number of fused-ring (bicyclic) bond motifs is 1. The first-order valence-corrected chi connectivity index (χ1v) is 6.83. The Bertz CT molecular complexity index is 826. The Hall–Kier alpha value is -1.95. The van der Waals surface area contributed by atoms with E-state index in [0.29, 0.717) is 21.6 Å². The van der Waals surface area contributed by atoms with Crippen LogP contribution >= 0.6 is 15.9 Å². The lowest BCUT2D eigenvalue weighted by Gasteiger charge is -2.08. The molecule has 0 saturated carbocycles. The lowest BCUT2D eigenvalue weighted by molar-refractivity contribution is 0.620. The van der Waals surface area contributed by atoms with Gasteiger partial charge >= 0.3 is 0 Å². The summed E-state index contributed by atoms with van der Waals surface area (Å²) in [7, 11) is 0. The van der Waals surface area contributed by atoms with Gasteiger partial charge in [0.05, 0.1) is 15.5 Å². The largest absolute Gasteiger partial charge is 0.383 e. The third-order valence-corrected chi connectivity index (χ3v) is 4.13. The second-order valence-electron chi connectivity index (χ2n) is 4.60. The molecule has 0 saturated heterocycles. The second-order valence-corrected chi connectivity index (χ2v) is 5.46. The average Bonchev–Trinajstić information content (AvgIpc) is 2.67. The second kappa shape index (κ2) is 4.56. The van der Waals surface area contributed by atoms with Crippen LogP contribution < -0.4 is 5.73 Å². The summed E-state index contributed by atoms with van der Waals surface area (Å²) in [4.78, 5) is 8.31. The van der Waals surface area contributed by atoms with Gasteiger partial charge in [-0.3, -0.25) is 4.57 Å². The zero-order valence-corrected chi connectivity index (χ0v) is 12.6. The van der Waals surface area contributed by atoms with Gasteiger partial charge in [-0.05, 0) is 53.5 Å². The fraction of sp³-hybridized carbons (Fsp3) is 0.143. The lowest BCUT2D eigenvalue weighted by Crippen LogP contribution is -2.00. The van der Waals surface area contributed by atoms with Crippen LogP contribution in [0.1, 0.15) is 11.3 Å². The molecule has 0 aliphatic carbocycles. The van der Waals surface area contributed by atoms with Crippen LogP contribution in [0.2, 0.25) is 0 Å². The third kappa shape index (κ3) is 1.79. The Morgan fingerprint density at radius 3 is 2.70 bits per heavy atom. The van der Waals surface area contributed by atoms with Gasteiger partial charge in [0.25, 0.3) is 0 Å². The summed E-state index contributed by atoms with van der Waals surface area (Å²) in [6, 6.07) is 4.97. The molecule has 0 aliphatic rings. The number of anilines is 1. The Morgan fingerprint density at radius 2 is 2.00 bits per heavy atom. The van der Waals surface area contributed by atoms with E-state index in [1.165, 1.54) is 12.4 Å². The molecule has 2 heterocycles. The number of hydrogen-bond acceptors (Lipinski definition) is 3. The lowest BCUT2D eigenvalue weighted by atomic mass is 10.2. The van der Waals surface area contributed by atoms with Gasteiger partial charge in [0.15, 0.2) is 5.65 Å². The Balaban J connectivity index is 2.39. The molecule has 0 bridgehead atoms. The minimum atomic E-state index is -0.316. The standard InChI is InChI=1S/C14H12BrFN4/c1-7-8(2)20(9-3-4-10(15)11(16)5-9)14-12(7)13(17)18-6-19-14/h3-6H,1-2H3,(H2,17,18,19). The van der Waals surface area contributed by atoms with Crippen molar-refractivity contribution < 1.29 is 4.39 Å². The number of aryl methyl sites for hydroxylation is 1. The third-order valence-electron chi connectivity index (χ3n) is 3.48. The van der Waals surface area contributed by atoms with Crippen LogP contribution in [0.25, 0.3) is 16.7 Å². The van der Waals surface area contributed by atoms with Crippen LogP contribution in [-0.2, 0) is 0 Å². The van der Waals surface area contributed by atoms with E-state index < -0.39 is 0 Å². The molecule has 0 aliphatic heterocycles. The fourth-order valence-corrected chi connectivity index (χ4v) is 2.61. The molecule has 2 aromatic heterocycles. The van der Waals surface area contributed by atoms with Crippen molar-refractivity contribution in [2.45, 2.75) is 13.8 Å². The minimum absolute atomic E-state index is 0.316. The van der Waals surface area contributed by atoms with Crippen molar-refractivity contribution >= 4 is 32.8 Å². The number of hydrogen-bond donors (Lipinski definition) is 1. The maximum atomic E-state index is 13.8. The van der Waals surface area contributed by atoms with Crippen LogP contribution in [0.15, 0.2) is 29.0 Å². The van der Waals surface area contributed by atoms with Gasteiger partial charge in [-0.15, -0.1) is 0 Å². The molecule has 0 spiro atoms. The highest BCUT2D eigenvalue weighted by Crippen LogP contribution is 2.30. The topological polar surface area (TPSA) is 56.7 Å². The van der Waals surface area contributed by atoms with Gasteiger partial charge in [0, 0.05) is 5.69 Å². The first-order valence-electron chi connectivity index (χ1n) is 6.04. The highest BCUT2D eigenvalue weighted by molar-refractivity contribution is 9.10. The van der Waals surface area contributed by atoms with Crippen molar-refractivity contribution in [2.24, 2.45) is 0 Å². The molecule has 4 nitrogen and oxygen atoms in total. The number of aromatic nitrogens is 3. The van der Waals surface area contributed by atoms with E-state index in [9.17, 15) is 4.39 Å². The van der Waals surface area contributed by atoms with Gasteiger partial charge in [0.1, 0.15) is 18.0 Å². The Kier molecular flexibility index (Phi) is 2.97. The normalized spacial score (nSPS) is 11.2. The minimum Gasteiger partial charge on any atom is -0.383 e. The van der Waals surface area contributed by atoms with Crippen molar-refractivity contribution in [1.29, 1.82) is 0 Å². The van der Waals surface area contributed by atoms with Gasteiger partial charge in [-0.2, -0.15) is 0 Å². The van der Waals surface area contributed by atoms with E-state index in [-0.39, 0.29) is 5.82 Å². The molecular weight excluding hydrogens is 323 g/mol. The number of nitrogen functional groups attached to an aromatic ring is 1. The number of halogens is 2. The summed E-state index contributed by atoms with van der Waals surface area (Å²) in [5.74, 6) is 0.121.